The summed E-state index contributed by atoms with van der Waals surface area (Å²) in [5.41, 5.74) is 2.44. The predicted octanol–water partition coefficient (Wildman–Crippen LogP) is 3.23. The second-order valence-corrected chi connectivity index (χ2v) is 9.01. The van der Waals surface area contributed by atoms with Gasteiger partial charge in [-0.05, 0) is 57.1 Å². The van der Waals surface area contributed by atoms with Gasteiger partial charge in [0, 0.05) is 43.0 Å². The van der Waals surface area contributed by atoms with Gasteiger partial charge in [0.05, 0.1) is 5.41 Å². The molecule has 1 aliphatic heterocycles. The maximum absolute atomic E-state index is 13.5. The molecule has 1 N–H and O–H groups in total. The number of hydrogen-bond donors (Lipinski definition) is 1. The van der Waals surface area contributed by atoms with Crippen LogP contribution in [0, 0.1) is 11.3 Å². The monoisotopic (exact) mass is 406 g/mol. The largest absolute Gasteiger partial charge is 0.353 e. The summed E-state index contributed by atoms with van der Waals surface area (Å²) in [7, 11) is 0. The second kappa shape index (κ2) is 8.54. The van der Waals surface area contributed by atoms with E-state index in [0.717, 1.165) is 48.9 Å². The molecule has 1 saturated heterocycles. The summed E-state index contributed by atoms with van der Waals surface area (Å²) in [6.07, 6.45) is 9.30. The molecule has 6 nitrogen and oxygen atoms in total. The second-order valence-electron chi connectivity index (χ2n) is 9.01. The smallest absolute Gasteiger partial charge is 0.228 e. The molecule has 6 heteroatoms. The minimum Gasteiger partial charge on any atom is -0.353 e. The predicted molar refractivity (Wildman–Crippen MR) is 115 cm³/mol. The van der Waals surface area contributed by atoms with E-state index in [4.69, 9.17) is 0 Å². The lowest BCUT2D eigenvalue weighted by Gasteiger charge is -2.42. The molecule has 1 saturated carbocycles. The molecule has 4 rings (SSSR count). The molecular formula is C24H30N4O2. The third-order valence-corrected chi connectivity index (χ3v) is 6.13. The van der Waals surface area contributed by atoms with Gasteiger partial charge in [-0.15, -0.1) is 0 Å². The highest BCUT2D eigenvalue weighted by Gasteiger charge is 2.46. The van der Waals surface area contributed by atoms with Gasteiger partial charge in [0.2, 0.25) is 11.8 Å². The Morgan fingerprint density at radius 2 is 1.93 bits per heavy atom. The number of rotatable bonds is 6. The van der Waals surface area contributed by atoms with E-state index in [1.807, 2.05) is 30.9 Å². The maximum Gasteiger partial charge on any atom is 0.228 e. The van der Waals surface area contributed by atoms with Crippen LogP contribution < -0.4 is 5.32 Å². The molecule has 0 spiro atoms. The summed E-state index contributed by atoms with van der Waals surface area (Å²) in [5.74, 6) is 0.439. The number of nitrogens with one attached hydrogen (secondary N) is 1. The van der Waals surface area contributed by atoms with Crippen molar-refractivity contribution in [3.05, 3.63) is 48.5 Å². The number of piperidine rings is 1. The molecule has 2 fully saturated rings. The highest BCUT2D eigenvalue weighted by molar-refractivity contribution is 5.86. The van der Waals surface area contributed by atoms with Crippen molar-refractivity contribution in [1.29, 1.82) is 0 Å². The lowest BCUT2D eigenvalue weighted by molar-refractivity contribution is -0.142. The molecule has 1 aromatic heterocycles. The fourth-order valence-electron chi connectivity index (χ4n) is 4.49. The van der Waals surface area contributed by atoms with Gasteiger partial charge in [-0.2, -0.15) is 0 Å². The van der Waals surface area contributed by atoms with Crippen molar-refractivity contribution in [2.45, 2.75) is 52.0 Å². The van der Waals surface area contributed by atoms with E-state index in [0.29, 0.717) is 13.0 Å². The highest BCUT2D eigenvalue weighted by atomic mass is 16.2. The highest BCUT2D eigenvalue weighted by Crippen LogP contribution is 2.39. The summed E-state index contributed by atoms with van der Waals surface area (Å²) in [6.45, 7) is 5.20. The van der Waals surface area contributed by atoms with Crippen molar-refractivity contribution in [3.8, 4) is 11.1 Å². The number of carbonyl (C=O) groups excluding carboxylic acids is 2. The summed E-state index contributed by atoms with van der Waals surface area (Å²) in [6, 6.07) is 8.19. The molecule has 158 valence electrons. The fourth-order valence-corrected chi connectivity index (χ4v) is 4.49. The first-order chi connectivity index (χ1) is 14.5. The first kappa shape index (κ1) is 20.5. The molecule has 0 radical (unpaired) electrons. The van der Waals surface area contributed by atoms with Gasteiger partial charge >= 0.3 is 0 Å². The third kappa shape index (κ3) is 4.37. The molecule has 1 aliphatic carbocycles. The van der Waals surface area contributed by atoms with E-state index in [-0.39, 0.29) is 23.8 Å². The van der Waals surface area contributed by atoms with E-state index in [1.54, 1.807) is 12.4 Å². The van der Waals surface area contributed by atoms with Crippen LogP contribution in [0.1, 0.15) is 45.1 Å². The van der Waals surface area contributed by atoms with Crippen molar-refractivity contribution < 1.29 is 9.59 Å². The molecule has 2 aliphatic rings. The van der Waals surface area contributed by atoms with Crippen LogP contribution >= 0.6 is 0 Å². The Morgan fingerprint density at radius 1 is 1.20 bits per heavy atom. The van der Waals surface area contributed by atoms with E-state index < -0.39 is 5.41 Å². The van der Waals surface area contributed by atoms with E-state index in [9.17, 15) is 9.59 Å². The quantitative estimate of drug-likeness (QED) is 0.799. The van der Waals surface area contributed by atoms with Gasteiger partial charge in [-0.1, -0.05) is 24.3 Å². The fraction of sp³-hybridized carbons (Fsp3) is 0.500. The van der Waals surface area contributed by atoms with Crippen LogP contribution in [0.5, 0.6) is 0 Å². The van der Waals surface area contributed by atoms with Crippen molar-refractivity contribution in [2.24, 2.45) is 11.3 Å². The normalized spacial score (nSPS) is 21.5. The Kier molecular flexibility index (Phi) is 5.84. The topological polar surface area (TPSA) is 75.2 Å². The zero-order chi connectivity index (χ0) is 21.1. The molecule has 1 unspecified atom stereocenters. The molecule has 1 aromatic carbocycles. The third-order valence-electron chi connectivity index (χ3n) is 6.13. The average Bonchev–Trinajstić information content (AvgIpc) is 3.59. The van der Waals surface area contributed by atoms with Crippen molar-refractivity contribution in [1.82, 2.24) is 20.2 Å². The Labute approximate surface area is 178 Å². The Balaban J connectivity index is 1.67. The Hall–Kier alpha value is -2.76. The number of likely N-dealkylation sites (tertiary alicyclic amines) is 1. The van der Waals surface area contributed by atoms with Gasteiger partial charge in [0.25, 0.3) is 0 Å². The Morgan fingerprint density at radius 3 is 2.63 bits per heavy atom. The minimum absolute atomic E-state index is 0.0462. The maximum atomic E-state index is 13.5. The van der Waals surface area contributed by atoms with Gasteiger partial charge in [0.1, 0.15) is 6.33 Å². The molecule has 2 heterocycles. The van der Waals surface area contributed by atoms with Crippen LogP contribution in [0.3, 0.4) is 0 Å². The molecule has 2 aromatic rings. The van der Waals surface area contributed by atoms with Crippen molar-refractivity contribution in [2.75, 3.05) is 13.1 Å². The SMILES string of the molecule is CC(C)NC(=O)C1(Cc2ccccc2-c2cncnc2)CCCN(C(=O)C2CC2)C1. The zero-order valence-electron chi connectivity index (χ0n) is 17.8. The van der Waals surface area contributed by atoms with Gasteiger partial charge < -0.3 is 10.2 Å². The van der Waals surface area contributed by atoms with Crippen LogP contribution in [0.2, 0.25) is 0 Å². The van der Waals surface area contributed by atoms with Gasteiger partial charge in [-0.25, -0.2) is 9.97 Å². The van der Waals surface area contributed by atoms with E-state index >= 15 is 0 Å². The molecule has 2 amide bonds. The summed E-state index contributed by atoms with van der Waals surface area (Å²) in [4.78, 5) is 36.5. The lowest BCUT2D eigenvalue weighted by atomic mass is 9.73. The van der Waals surface area contributed by atoms with Gasteiger partial charge in [0.15, 0.2) is 0 Å². The van der Waals surface area contributed by atoms with Crippen LogP contribution in [0.4, 0.5) is 0 Å². The lowest BCUT2D eigenvalue weighted by Crippen LogP contribution is -2.55. The number of benzene rings is 1. The van der Waals surface area contributed by atoms with Crippen LogP contribution in [0.25, 0.3) is 11.1 Å². The minimum atomic E-state index is -0.626. The standard InChI is InChI=1S/C24H30N4O2/c1-17(2)27-23(30)24(10-5-11-28(15-24)22(29)18-8-9-18)12-19-6-3-4-7-21(19)20-13-25-16-26-14-20/h3-4,6-7,13-14,16-18H,5,8-12,15H2,1-2H3,(H,27,30). The van der Waals surface area contributed by atoms with Crippen LogP contribution in [-0.2, 0) is 16.0 Å². The van der Waals surface area contributed by atoms with Gasteiger partial charge in [-0.3, -0.25) is 9.59 Å². The molecule has 0 bridgehead atoms. The van der Waals surface area contributed by atoms with Crippen LogP contribution in [-0.4, -0.2) is 45.8 Å². The first-order valence-electron chi connectivity index (χ1n) is 10.9. The van der Waals surface area contributed by atoms with E-state index in [1.165, 1.54) is 6.33 Å². The molecule has 30 heavy (non-hydrogen) atoms. The molecular weight excluding hydrogens is 376 g/mol. The number of aromatic nitrogens is 2. The zero-order valence-corrected chi connectivity index (χ0v) is 17.8. The first-order valence-corrected chi connectivity index (χ1v) is 10.9. The summed E-state index contributed by atoms with van der Waals surface area (Å²) in [5, 5.41) is 3.14. The van der Waals surface area contributed by atoms with Crippen LogP contribution in [0.15, 0.2) is 43.0 Å². The Bertz CT molecular complexity index is 910. The number of amides is 2. The van der Waals surface area contributed by atoms with Crippen molar-refractivity contribution in [3.63, 3.8) is 0 Å². The average molecular weight is 407 g/mol. The summed E-state index contributed by atoms with van der Waals surface area (Å²) < 4.78 is 0. The summed E-state index contributed by atoms with van der Waals surface area (Å²) >= 11 is 0. The molecule has 1 atom stereocenters. The number of nitrogens with zero attached hydrogens (tertiary/aromatic N) is 3. The number of carbonyl (C=O) groups is 2. The van der Waals surface area contributed by atoms with E-state index in [2.05, 4.69) is 27.4 Å². The van der Waals surface area contributed by atoms with Crippen molar-refractivity contribution >= 4 is 11.8 Å². The number of hydrogen-bond acceptors (Lipinski definition) is 4.